The molecule has 2 rings (SSSR count). The summed E-state index contributed by atoms with van der Waals surface area (Å²) in [5.41, 5.74) is 2.88. The third kappa shape index (κ3) is 5.08. The molecule has 0 spiro atoms. The van der Waals surface area contributed by atoms with Gasteiger partial charge in [0.25, 0.3) is 0 Å². The molecule has 0 aromatic rings. The second-order valence-electron chi connectivity index (χ2n) is 8.23. The Kier molecular flexibility index (Phi) is 6.86. The summed E-state index contributed by atoms with van der Waals surface area (Å²) in [6, 6.07) is 0. The molecule has 0 aromatic heterocycles. The fourth-order valence-corrected chi connectivity index (χ4v) is 3.62. The number of aliphatic hydroxyl groups is 1. The van der Waals surface area contributed by atoms with Crippen molar-refractivity contribution < 1.29 is 19.4 Å². The van der Waals surface area contributed by atoms with Crippen LogP contribution in [-0.4, -0.2) is 35.0 Å². The molecule has 4 nitrogen and oxygen atoms in total. The number of fused-ring (bicyclic) bond motifs is 1. The second kappa shape index (κ2) is 8.53. The molecule has 0 radical (unpaired) electrons. The number of allylic oxidation sites excluding steroid dienone is 5. The standard InChI is InChI=1S/C22H34O4/c1-14(2)18-12-10-15(3)8-7-9-16(4)11-13-19-22(6,26-19)21(24)20(18)25-17(5)23/h9-10,12,14,19-21,24H,7-8,11,13H2,1-6H3/b15-10+,16-9-,18-12-/t19-,20+,21-,22+/m0/s1. The first-order valence-electron chi connectivity index (χ1n) is 9.71. The number of esters is 1. The zero-order chi connectivity index (χ0) is 19.5. The van der Waals surface area contributed by atoms with E-state index < -0.39 is 17.8 Å². The topological polar surface area (TPSA) is 59.1 Å². The summed E-state index contributed by atoms with van der Waals surface area (Å²) < 4.78 is 11.5. The number of carbonyl (C=O) groups excluding carboxylic acids is 1. The van der Waals surface area contributed by atoms with Gasteiger partial charge in [0.05, 0.1) is 6.10 Å². The molecule has 0 unspecified atom stereocenters. The molecule has 1 aliphatic carbocycles. The van der Waals surface area contributed by atoms with Crippen molar-refractivity contribution in [2.75, 3.05) is 0 Å². The van der Waals surface area contributed by atoms with Crippen molar-refractivity contribution in [1.82, 2.24) is 0 Å². The third-order valence-corrected chi connectivity index (χ3v) is 5.53. The van der Waals surface area contributed by atoms with Crippen LogP contribution in [0.3, 0.4) is 0 Å². The van der Waals surface area contributed by atoms with E-state index in [1.54, 1.807) is 0 Å². The number of epoxide rings is 1. The van der Waals surface area contributed by atoms with Gasteiger partial charge in [-0.1, -0.05) is 43.2 Å². The van der Waals surface area contributed by atoms with Crippen LogP contribution >= 0.6 is 0 Å². The first-order valence-corrected chi connectivity index (χ1v) is 9.71. The molecule has 1 heterocycles. The van der Waals surface area contributed by atoms with Gasteiger partial charge >= 0.3 is 5.97 Å². The molecule has 0 amide bonds. The first-order chi connectivity index (χ1) is 12.1. The summed E-state index contributed by atoms with van der Waals surface area (Å²) >= 11 is 0. The summed E-state index contributed by atoms with van der Waals surface area (Å²) in [5, 5.41) is 11.1. The van der Waals surface area contributed by atoms with E-state index in [1.807, 2.05) is 13.0 Å². The van der Waals surface area contributed by atoms with E-state index in [-0.39, 0.29) is 18.0 Å². The summed E-state index contributed by atoms with van der Waals surface area (Å²) in [7, 11) is 0. The highest BCUT2D eigenvalue weighted by Crippen LogP contribution is 2.45. The highest BCUT2D eigenvalue weighted by atomic mass is 16.6. The smallest absolute Gasteiger partial charge is 0.303 e. The predicted octanol–water partition coefficient (Wildman–Crippen LogP) is 4.49. The van der Waals surface area contributed by atoms with Gasteiger partial charge in [-0.25, -0.2) is 0 Å². The van der Waals surface area contributed by atoms with Crippen LogP contribution in [0.15, 0.2) is 34.9 Å². The zero-order valence-electron chi connectivity index (χ0n) is 17.0. The van der Waals surface area contributed by atoms with Gasteiger partial charge in [-0.05, 0) is 57.9 Å². The van der Waals surface area contributed by atoms with E-state index in [4.69, 9.17) is 9.47 Å². The van der Waals surface area contributed by atoms with Crippen molar-refractivity contribution in [1.29, 1.82) is 0 Å². The van der Waals surface area contributed by atoms with Gasteiger partial charge in [0.1, 0.15) is 11.7 Å². The monoisotopic (exact) mass is 362 g/mol. The number of hydrogen-bond acceptors (Lipinski definition) is 4. The van der Waals surface area contributed by atoms with Gasteiger partial charge < -0.3 is 14.6 Å². The Balaban J connectivity index is 2.40. The first kappa shape index (κ1) is 20.9. The SMILES string of the molecule is CC(=O)O[C@@H]1/C(C(C)C)=C\C=C(/C)CC/C=C(/C)CC[C@@H]2O[C@@]2(C)[C@H]1O. The summed E-state index contributed by atoms with van der Waals surface area (Å²) in [5.74, 6) is -0.240. The van der Waals surface area contributed by atoms with Crippen molar-refractivity contribution in [3.63, 3.8) is 0 Å². The van der Waals surface area contributed by atoms with Gasteiger partial charge in [-0.15, -0.1) is 0 Å². The highest BCUT2D eigenvalue weighted by molar-refractivity contribution is 5.66. The van der Waals surface area contributed by atoms with Crippen molar-refractivity contribution in [2.45, 2.75) is 91.1 Å². The van der Waals surface area contributed by atoms with Crippen LogP contribution < -0.4 is 0 Å². The largest absolute Gasteiger partial charge is 0.455 e. The molecule has 0 aromatic carbocycles. The molecule has 1 N–H and O–H groups in total. The zero-order valence-corrected chi connectivity index (χ0v) is 17.0. The number of rotatable bonds is 2. The van der Waals surface area contributed by atoms with Crippen LogP contribution in [0.25, 0.3) is 0 Å². The molecular formula is C22H34O4. The van der Waals surface area contributed by atoms with E-state index in [9.17, 15) is 9.90 Å². The lowest BCUT2D eigenvalue weighted by atomic mass is 9.85. The van der Waals surface area contributed by atoms with Gasteiger partial charge in [-0.2, -0.15) is 0 Å². The molecule has 1 saturated heterocycles. The van der Waals surface area contributed by atoms with Gasteiger partial charge in [-0.3, -0.25) is 4.79 Å². The van der Waals surface area contributed by atoms with Gasteiger partial charge in [0.15, 0.2) is 6.10 Å². The van der Waals surface area contributed by atoms with Crippen molar-refractivity contribution in [2.24, 2.45) is 5.92 Å². The van der Waals surface area contributed by atoms with E-state index in [0.29, 0.717) is 0 Å². The average molecular weight is 363 g/mol. The lowest BCUT2D eigenvalue weighted by Crippen LogP contribution is -2.44. The predicted molar refractivity (Wildman–Crippen MR) is 104 cm³/mol. The van der Waals surface area contributed by atoms with E-state index in [2.05, 4.69) is 39.8 Å². The van der Waals surface area contributed by atoms with Gasteiger partial charge in [0.2, 0.25) is 0 Å². The maximum Gasteiger partial charge on any atom is 0.303 e. The van der Waals surface area contributed by atoms with E-state index in [0.717, 1.165) is 31.3 Å². The Hall–Kier alpha value is -1.39. The lowest BCUT2D eigenvalue weighted by molar-refractivity contribution is -0.152. The fourth-order valence-electron chi connectivity index (χ4n) is 3.62. The minimum atomic E-state index is -0.883. The van der Waals surface area contributed by atoms with Crippen LogP contribution in [0, 0.1) is 5.92 Å². The average Bonchev–Trinajstić information content (AvgIpc) is 3.22. The Bertz CT molecular complexity index is 614. The quantitative estimate of drug-likeness (QED) is 0.447. The number of ether oxygens (including phenoxy) is 2. The molecule has 146 valence electrons. The lowest BCUT2D eigenvalue weighted by Gasteiger charge is -2.30. The minimum Gasteiger partial charge on any atom is -0.455 e. The number of aliphatic hydroxyl groups excluding tert-OH is 1. The van der Waals surface area contributed by atoms with Crippen molar-refractivity contribution >= 4 is 5.97 Å². The van der Waals surface area contributed by atoms with Crippen LogP contribution in [0.4, 0.5) is 0 Å². The second-order valence-corrected chi connectivity index (χ2v) is 8.23. The fraction of sp³-hybridized carbons (Fsp3) is 0.682. The summed E-state index contributed by atoms with van der Waals surface area (Å²) in [6.07, 6.45) is 8.67. The number of hydrogen-bond donors (Lipinski definition) is 1. The molecule has 1 fully saturated rings. The third-order valence-electron chi connectivity index (χ3n) is 5.53. The maximum absolute atomic E-state index is 11.7. The molecular weight excluding hydrogens is 328 g/mol. The molecule has 0 bridgehead atoms. The van der Waals surface area contributed by atoms with Crippen molar-refractivity contribution in [3.05, 3.63) is 34.9 Å². The van der Waals surface area contributed by atoms with E-state index >= 15 is 0 Å². The highest BCUT2D eigenvalue weighted by Gasteiger charge is 2.60. The van der Waals surface area contributed by atoms with Crippen LogP contribution in [0.1, 0.15) is 67.2 Å². The minimum absolute atomic E-state index is 0.00691. The van der Waals surface area contributed by atoms with Crippen molar-refractivity contribution in [3.8, 4) is 0 Å². The van der Waals surface area contributed by atoms with Crippen LogP contribution in [0.5, 0.6) is 0 Å². The van der Waals surface area contributed by atoms with Crippen LogP contribution in [-0.2, 0) is 14.3 Å². The maximum atomic E-state index is 11.7. The van der Waals surface area contributed by atoms with E-state index in [1.165, 1.54) is 18.1 Å². The van der Waals surface area contributed by atoms with Crippen LogP contribution in [0.2, 0.25) is 0 Å². The summed E-state index contributed by atoms with van der Waals surface area (Å²) in [6.45, 7) is 11.7. The molecule has 2 aliphatic rings. The Morgan fingerprint density at radius 3 is 2.58 bits per heavy atom. The molecule has 4 heteroatoms. The molecule has 26 heavy (non-hydrogen) atoms. The Morgan fingerprint density at radius 1 is 1.27 bits per heavy atom. The Morgan fingerprint density at radius 2 is 1.96 bits per heavy atom. The normalized spacial score (nSPS) is 39.4. The molecule has 4 atom stereocenters. The number of carbonyl (C=O) groups is 1. The Labute approximate surface area is 158 Å². The van der Waals surface area contributed by atoms with Gasteiger partial charge in [0, 0.05) is 6.92 Å². The molecule has 0 saturated carbocycles. The molecule has 1 aliphatic heterocycles. The summed E-state index contributed by atoms with van der Waals surface area (Å²) in [4.78, 5) is 11.7.